The zero-order valence-corrected chi connectivity index (χ0v) is 16.0. The van der Waals surface area contributed by atoms with Gasteiger partial charge in [0.2, 0.25) is 0 Å². The molecule has 0 aliphatic carbocycles. The molecule has 0 bridgehead atoms. The van der Waals surface area contributed by atoms with Gasteiger partial charge >= 0.3 is 0 Å². The number of non-ortho nitro benzene ring substituents is 1. The Hall–Kier alpha value is -3.06. The van der Waals surface area contributed by atoms with Crippen molar-refractivity contribution < 1.29 is 14.1 Å². The number of carbonyl (C=O) groups excluding carboxylic acids is 1. The quantitative estimate of drug-likeness (QED) is 0.485. The predicted octanol–water partition coefficient (Wildman–Crippen LogP) is 4.27. The van der Waals surface area contributed by atoms with Gasteiger partial charge in [0.15, 0.2) is 11.3 Å². The molecule has 0 spiro atoms. The van der Waals surface area contributed by atoms with Crippen molar-refractivity contribution in [1.82, 2.24) is 4.90 Å². The smallest absolute Gasteiger partial charge is 0.290 e. The number of hydrogen-bond donors (Lipinski definition) is 0. The van der Waals surface area contributed by atoms with E-state index in [1.54, 1.807) is 23.1 Å². The first-order valence-corrected chi connectivity index (χ1v) is 9.30. The second-order valence-electron chi connectivity index (χ2n) is 6.73. The van der Waals surface area contributed by atoms with Crippen molar-refractivity contribution in [2.45, 2.75) is 6.92 Å². The Morgan fingerprint density at radius 3 is 2.39 bits per heavy atom. The summed E-state index contributed by atoms with van der Waals surface area (Å²) in [6.45, 7) is 4.23. The topological polar surface area (TPSA) is 79.8 Å². The van der Waals surface area contributed by atoms with Gasteiger partial charge in [0.05, 0.1) is 9.95 Å². The number of anilines is 1. The Morgan fingerprint density at radius 1 is 1.11 bits per heavy atom. The summed E-state index contributed by atoms with van der Waals surface area (Å²) in [5, 5.41) is 12.1. The number of nitro benzene ring substituents is 1. The molecule has 7 nitrogen and oxygen atoms in total. The summed E-state index contributed by atoms with van der Waals surface area (Å²) in [7, 11) is 0. The van der Waals surface area contributed by atoms with Crippen LogP contribution < -0.4 is 4.90 Å². The maximum atomic E-state index is 13.0. The fourth-order valence-electron chi connectivity index (χ4n) is 3.51. The summed E-state index contributed by atoms with van der Waals surface area (Å²) in [5.74, 6) is 0.181. The molecular formula is C20H18ClN3O4. The molecule has 0 unspecified atom stereocenters. The highest BCUT2D eigenvalue weighted by Gasteiger charge is 2.27. The highest BCUT2D eigenvalue weighted by Crippen LogP contribution is 2.31. The van der Waals surface area contributed by atoms with E-state index in [0.717, 1.165) is 16.6 Å². The number of rotatable bonds is 3. The monoisotopic (exact) mass is 399 g/mol. The molecule has 0 radical (unpaired) electrons. The van der Waals surface area contributed by atoms with Crippen molar-refractivity contribution in [3.05, 3.63) is 68.9 Å². The maximum absolute atomic E-state index is 13.0. The number of fused-ring (bicyclic) bond motifs is 1. The van der Waals surface area contributed by atoms with Crippen molar-refractivity contribution in [3.8, 4) is 0 Å². The van der Waals surface area contributed by atoms with Crippen molar-refractivity contribution in [3.63, 3.8) is 0 Å². The van der Waals surface area contributed by atoms with Gasteiger partial charge in [0, 0.05) is 54.9 Å². The van der Waals surface area contributed by atoms with E-state index in [4.69, 9.17) is 16.0 Å². The van der Waals surface area contributed by atoms with Crippen LogP contribution in [0.4, 0.5) is 11.4 Å². The summed E-state index contributed by atoms with van der Waals surface area (Å²) in [6.07, 6.45) is 0. The first-order valence-electron chi connectivity index (χ1n) is 8.92. The number of halogens is 1. The number of piperazine rings is 1. The molecule has 8 heteroatoms. The molecule has 28 heavy (non-hydrogen) atoms. The molecule has 1 aliphatic heterocycles. The predicted molar refractivity (Wildman–Crippen MR) is 107 cm³/mol. The lowest BCUT2D eigenvalue weighted by atomic mass is 10.1. The molecule has 1 amide bonds. The zero-order chi connectivity index (χ0) is 19.8. The minimum atomic E-state index is -0.414. The van der Waals surface area contributed by atoms with Crippen LogP contribution in [0.1, 0.15) is 16.1 Å². The van der Waals surface area contributed by atoms with E-state index in [1.807, 2.05) is 19.1 Å². The fourth-order valence-corrected chi connectivity index (χ4v) is 3.72. The molecule has 1 fully saturated rings. The van der Waals surface area contributed by atoms with Crippen LogP contribution >= 0.6 is 11.6 Å². The van der Waals surface area contributed by atoms with E-state index in [1.165, 1.54) is 12.1 Å². The molecule has 4 rings (SSSR count). The van der Waals surface area contributed by atoms with Crippen LogP contribution in [0.3, 0.4) is 0 Å². The van der Waals surface area contributed by atoms with Crippen molar-refractivity contribution >= 4 is 39.9 Å². The van der Waals surface area contributed by atoms with Gasteiger partial charge in [0.1, 0.15) is 0 Å². The van der Waals surface area contributed by atoms with Crippen molar-refractivity contribution in [2.24, 2.45) is 0 Å². The molecule has 1 aromatic heterocycles. The van der Waals surface area contributed by atoms with Gasteiger partial charge in [-0.1, -0.05) is 23.7 Å². The molecule has 2 aromatic carbocycles. The number of nitro groups is 1. The highest BCUT2D eigenvalue weighted by atomic mass is 35.5. The number of furan rings is 1. The number of carbonyl (C=O) groups is 1. The lowest BCUT2D eigenvalue weighted by Crippen LogP contribution is -2.48. The number of aryl methyl sites for hydroxylation is 1. The Kier molecular flexibility index (Phi) is 4.68. The first-order chi connectivity index (χ1) is 13.5. The van der Waals surface area contributed by atoms with Crippen LogP contribution in [0.2, 0.25) is 5.02 Å². The van der Waals surface area contributed by atoms with Gasteiger partial charge in [0.25, 0.3) is 11.6 Å². The third kappa shape index (κ3) is 3.18. The molecule has 1 aliphatic rings. The van der Waals surface area contributed by atoms with Crippen LogP contribution in [0.25, 0.3) is 11.0 Å². The van der Waals surface area contributed by atoms with E-state index in [9.17, 15) is 14.9 Å². The summed E-state index contributed by atoms with van der Waals surface area (Å²) in [5.41, 5.74) is 2.30. The van der Waals surface area contributed by atoms with Crippen LogP contribution in [0.5, 0.6) is 0 Å². The summed E-state index contributed by atoms with van der Waals surface area (Å²) >= 11 is 6.18. The highest BCUT2D eigenvalue weighted by molar-refractivity contribution is 6.35. The first kappa shape index (κ1) is 18.3. The number of benzene rings is 2. The lowest BCUT2D eigenvalue weighted by Gasteiger charge is -2.35. The van der Waals surface area contributed by atoms with Crippen LogP contribution in [0, 0.1) is 17.0 Å². The standard InChI is InChI=1S/C20H18ClN3O4/c1-13-16-3-2-4-17(21)19(16)28-18(13)20(25)23-11-9-22(10-12-23)14-5-7-15(8-6-14)24(26)27/h2-8H,9-12H2,1H3. The Bertz CT molecular complexity index is 1050. The minimum absolute atomic E-state index is 0.0663. The van der Waals surface area contributed by atoms with Gasteiger partial charge in [-0.25, -0.2) is 0 Å². The van der Waals surface area contributed by atoms with Gasteiger partial charge in [-0.3, -0.25) is 14.9 Å². The molecule has 0 N–H and O–H groups in total. The van der Waals surface area contributed by atoms with Crippen LogP contribution in [-0.4, -0.2) is 41.9 Å². The molecule has 0 atom stereocenters. The van der Waals surface area contributed by atoms with Gasteiger partial charge in [-0.15, -0.1) is 0 Å². The fraction of sp³-hybridized carbons (Fsp3) is 0.250. The van der Waals surface area contributed by atoms with Crippen molar-refractivity contribution in [1.29, 1.82) is 0 Å². The second-order valence-corrected chi connectivity index (χ2v) is 7.13. The molecular weight excluding hydrogens is 382 g/mol. The summed E-state index contributed by atoms with van der Waals surface area (Å²) in [4.78, 5) is 27.2. The van der Waals surface area contributed by atoms with Gasteiger partial charge in [-0.05, 0) is 25.1 Å². The third-order valence-corrected chi connectivity index (χ3v) is 5.40. The molecule has 3 aromatic rings. The molecule has 1 saturated heterocycles. The van der Waals surface area contributed by atoms with E-state index >= 15 is 0 Å². The average molecular weight is 400 g/mol. The maximum Gasteiger partial charge on any atom is 0.290 e. The Morgan fingerprint density at radius 2 is 1.79 bits per heavy atom. The van der Waals surface area contributed by atoms with Crippen LogP contribution in [-0.2, 0) is 0 Å². The zero-order valence-electron chi connectivity index (χ0n) is 15.2. The molecule has 144 valence electrons. The SMILES string of the molecule is Cc1c(C(=O)N2CCN(c3ccc([N+](=O)[O-])cc3)CC2)oc2c(Cl)cccc12. The van der Waals surface area contributed by atoms with E-state index in [-0.39, 0.29) is 11.6 Å². The lowest BCUT2D eigenvalue weighted by molar-refractivity contribution is -0.384. The van der Waals surface area contributed by atoms with Crippen molar-refractivity contribution in [2.75, 3.05) is 31.1 Å². The summed E-state index contributed by atoms with van der Waals surface area (Å²) in [6, 6.07) is 11.9. The number of nitrogens with zero attached hydrogens (tertiary/aromatic N) is 3. The normalized spacial score (nSPS) is 14.5. The average Bonchev–Trinajstić information content (AvgIpc) is 3.06. The largest absolute Gasteiger partial charge is 0.449 e. The number of hydrogen-bond acceptors (Lipinski definition) is 5. The molecule has 0 saturated carbocycles. The van der Waals surface area contributed by atoms with Crippen LogP contribution in [0.15, 0.2) is 46.9 Å². The van der Waals surface area contributed by atoms with E-state index in [2.05, 4.69) is 4.90 Å². The minimum Gasteiger partial charge on any atom is -0.449 e. The molecule has 2 heterocycles. The van der Waals surface area contributed by atoms with Gasteiger partial charge in [-0.2, -0.15) is 0 Å². The van der Waals surface area contributed by atoms with E-state index in [0.29, 0.717) is 42.5 Å². The Labute approximate surface area is 166 Å². The summed E-state index contributed by atoms with van der Waals surface area (Å²) < 4.78 is 5.79. The Balaban J connectivity index is 1.48. The third-order valence-electron chi connectivity index (χ3n) is 5.10. The van der Waals surface area contributed by atoms with E-state index < -0.39 is 4.92 Å². The van der Waals surface area contributed by atoms with Gasteiger partial charge < -0.3 is 14.2 Å². The number of para-hydroxylation sites is 1. The second kappa shape index (κ2) is 7.16. The number of amides is 1.